The minimum atomic E-state index is -0.530. The number of furan rings is 1. The standard InChI is InChI=1S/C23H19NO4/c1-15(21-13-18-8-4-5-9-20(18)28-21)24-22(25)14-27-23(26)19-11-10-16-6-2-3-7-17(16)12-19/h2-13,15H,14H2,1H3,(H,24,25)/t15-/m0/s1. The maximum atomic E-state index is 12.2. The Hall–Kier alpha value is -3.60. The highest BCUT2D eigenvalue weighted by Gasteiger charge is 2.16. The maximum Gasteiger partial charge on any atom is 0.338 e. The zero-order chi connectivity index (χ0) is 19.5. The molecule has 0 saturated carbocycles. The molecule has 4 rings (SSSR count). The molecule has 1 aromatic heterocycles. The summed E-state index contributed by atoms with van der Waals surface area (Å²) in [7, 11) is 0. The lowest BCUT2D eigenvalue weighted by molar-refractivity contribution is -0.125. The number of para-hydroxylation sites is 1. The Balaban J connectivity index is 1.35. The van der Waals surface area contributed by atoms with Gasteiger partial charge in [0.1, 0.15) is 11.3 Å². The van der Waals surface area contributed by atoms with Crippen molar-refractivity contribution in [3.8, 4) is 0 Å². The van der Waals surface area contributed by atoms with Gasteiger partial charge in [-0.2, -0.15) is 0 Å². The fourth-order valence-corrected chi connectivity index (χ4v) is 3.10. The van der Waals surface area contributed by atoms with Crippen LogP contribution in [0.4, 0.5) is 0 Å². The first kappa shape index (κ1) is 17.8. The van der Waals surface area contributed by atoms with Crippen LogP contribution in [-0.2, 0) is 9.53 Å². The molecule has 0 radical (unpaired) electrons. The highest BCUT2D eigenvalue weighted by atomic mass is 16.5. The van der Waals surface area contributed by atoms with E-state index in [0.29, 0.717) is 11.3 Å². The number of carbonyl (C=O) groups is 2. The van der Waals surface area contributed by atoms with Gasteiger partial charge in [-0.25, -0.2) is 4.79 Å². The van der Waals surface area contributed by atoms with E-state index >= 15 is 0 Å². The van der Waals surface area contributed by atoms with Crippen LogP contribution in [0.15, 0.2) is 77.2 Å². The summed E-state index contributed by atoms with van der Waals surface area (Å²) in [6, 6.07) is 22.2. The van der Waals surface area contributed by atoms with Gasteiger partial charge in [0.15, 0.2) is 6.61 Å². The van der Waals surface area contributed by atoms with Gasteiger partial charge in [-0.1, -0.05) is 48.5 Å². The normalized spacial score (nSPS) is 12.0. The van der Waals surface area contributed by atoms with E-state index in [1.54, 1.807) is 12.1 Å². The first-order valence-corrected chi connectivity index (χ1v) is 9.04. The summed E-state index contributed by atoms with van der Waals surface area (Å²) in [4.78, 5) is 24.4. The second kappa shape index (κ2) is 7.56. The average Bonchev–Trinajstić information content (AvgIpc) is 3.16. The summed E-state index contributed by atoms with van der Waals surface area (Å²) in [6.45, 7) is 1.47. The Morgan fingerprint density at radius 1 is 0.929 bits per heavy atom. The molecule has 0 unspecified atom stereocenters. The van der Waals surface area contributed by atoms with Crippen molar-refractivity contribution in [1.82, 2.24) is 5.32 Å². The Morgan fingerprint density at radius 2 is 1.64 bits per heavy atom. The van der Waals surface area contributed by atoms with Gasteiger partial charge in [0.2, 0.25) is 0 Å². The molecule has 0 bridgehead atoms. The van der Waals surface area contributed by atoms with Gasteiger partial charge in [0.05, 0.1) is 11.6 Å². The maximum absolute atomic E-state index is 12.2. The summed E-state index contributed by atoms with van der Waals surface area (Å²) in [6.07, 6.45) is 0. The minimum absolute atomic E-state index is 0.334. The molecule has 1 heterocycles. The Bertz CT molecular complexity index is 1130. The van der Waals surface area contributed by atoms with Crippen molar-refractivity contribution in [3.63, 3.8) is 0 Å². The molecule has 1 N–H and O–H groups in total. The summed E-state index contributed by atoms with van der Waals surface area (Å²) < 4.78 is 10.9. The molecular weight excluding hydrogens is 354 g/mol. The molecule has 5 nitrogen and oxygen atoms in total. The molecule has 3 aromatic carbocycles. The van der Waals surface area contributed by atoms with Crippen LogP contribution >= 0.6 is 0 Å². The number of hydrogen-bond donors (Lipinski definition) is 1. The minimum Gasteiger partial charge on any atom is -0.459 e. The molecule has 0 aliphatic heterocycles. The molecule has 0 aliphatic carbocycles. The van der Waals surface area contributed by atoms with Crippen molar-refractivity contribution in [2.45, 2.75) is 13.0 Å². The molecule has 0 spiro atoms. The summed E-state index contributed by atoms with van der Waals surface area (Å²) in [5.74, 6) is -0.269. The number of esters is 1. The van der Waals surface area contributed by atoms with E-state index in [9.17, 15) is 9.59 Å². The fraction of sp³-hybridized carbons (Fsp3) is 0.130. The highest BCUT2D eigenvalue weighted by Crippen LogP contribution is 2.23. The van der Waals surface area contributed by atoms with Crippen LogP contribution in [-0.4, -0.2) is 18.5 Å². The molecule has 0 aliphatic rings. The number of benzene rings is 3. The number of rotatable bonds is 5. The van der Waals surface area contributed by atoms with Crippen molar-refractivity contribution in [1.29, 1.82) is 0 Å². The van der Waals surface area contributed by atoms with Crippen LogP contribution in [0.5, 0.6) is 0 Å². The molecule has 1 amide bonds. The number of carbonyl (C=O) groups excluding carboxylic acids is 2. The highest BCUT2D eigenvalue weighted by molar-refractivity contribution is 5.96. The molecule has 140 valence electrons. The largest absolute Gasteiger partial charge is 0.459 e. The quantitative estimate of drug-likeness (QED) is 0.518. The second-order valence-electron chi connectivity index (χ2n) is 6.61. The third kappa shape index (κ3) is 3.74. The molecule has 1 atom stereocenters. The van der Waals surface area contributed by atoms with Gasteiger partial charge in [-0.05, 0) is 42.0 Å². The Labute approximate surface area is 161 Å². The van der Waals surface area contributed by atoms with Crippen molar-refractivity contribution in [2.75, 3.05) is 6.61 Å². The zero-order valence-corrected chi connectivity index (χ0v) is 15.3. The van der Waals surface area contributed by atoms with E-state index in [2.05, 4.69) is 5.32 Å². The first-order valence-electron chi connectivity index (χ1n) is 9.04. The number of amides is 1. The molecule has 0 saturated heterocycles. The van der Waals surface area contributed by atoms with E-state index in [4.69, 9.17) is 9.15 Å². The number of ether oxygens (including phenoxy) is 1. The molecular formula is C23H19NO4. The van der Waals surface area contributed by atoms with Crippen LogP contribution in [0.1, 0.15) is 29.1 Å². The number of nitrogens with one attached hydrogen (secondary N) is 1. The van der Waals surface area contributed by atoms with E-state index < -0.39 is 5.97 Å². The predicted octanol–water partition coefficient (Wildman–Crippen LogP) is 4.62. The topological polar surface area (TPSA) is 68.5 Å². The van der Waals surface area contributed by atoms with Crippen LogP contribution in [0.25, 0.3) is 21.7 Å². The third-order valence-electron chi connectivity index (χ3n) is 4.57. The van der Waals surface area contributed by atoms with Crippen molar-refractivity contribution >= 4 is 33.6 Å². The predicted molar refractivity (Wildman–Crippen MR) is 107 cm³/mol. The average molecular weight is 373 g/mol. The van der Waals surface area contributed by atoms with Gasteiger partial charge in [-0.3, -0.25) is 4.79 Å². The SMILES string of the molecule is C[C@H](NC(=O)COC(=O)c1ccc2ccccc2c1)c1cc2ccccc2o1. The number of hydrogen-bond acceptors (Lipinski definition) is 4. The third-order valence-corrected chi connectivity index (χ3v) is 4.57. The van der Waals surface area contributed by atoms with Crippen LogP contribution in [0.2, 0.25) is 0 Å². The summed E-state index contributed by atoms with van der Waals surface area (Å²) >= 11 is 0. The lowest BCUT2D eigenvalue weighted by atomic mass is 10.1. The van der Waals surface area contributed by atoms with Gasteiger partial charge in [0, 0.05) is 5.39 Å². The van der Waals surface area contributed by atoms with Crippen LogP contribution in [0.3, 0.4) is 0 Å². The molecule has 28 heavy (non-hydrogen) atoms. The first-order chi connectivity index (χ1) is 13.6. The van der Waals surface area contributed by atoms with Crippen LogP contribution < -0.4 is 5.32 Å². The molecule has 4 aromatic rings. The Kier molecular flexibility index (Phi) is 4.81. The van der Waals surface area contributed by atoms with Gasteiger partial charge in [0.25, 0.3) is 5.91 Å². The van der Waals surface area contributed by atoms with Crippen molar-refractivity contribution in [3.05, 3.63) is 84.1 Å². The van der Waals surface area contributed by atoms with E-state index in [1.807, 2.05) is 67.6 Å². The van der Waals surface area contributed by atoms with E-state index in [-0.39, 0.29) is 18.6 Å². The monoisotopic (exact) mass is 373 g/mol. The summed E-state index contributed by atoms with van der Waals surface area (Å²) in [5, 5.41) is 5.74. The molecule has 5 heteroatoms. The van der Waals surface area contributed by atoms with E-state index in [1.165, 1.54) is 0 Å². The van der Waals surface area contributed by atoms with Crippen LogP contribution in [0, 0.1) is 0 Å². The lowest BCUT2D eigenvalue weighted by Gasteiger charge is -2.11. The van der Waals surface area contributed by atoms with Gasteiger partial charge in [-0.15, -0.1) is 0 Å². The second-order valence-corrected chi connectivity index (χ2v) is 6.61. The van der Waals surface area contributed by atoms with Crippen molar-refractivity contribution in [2.24, 2.45) is 0 Å². The number of fused-ring (bicyclic) bond motifs is 2. The lowest BCUT2D eigenvalue weighted by Crippen LogP contribution is -2.31. The van der Waals surface area contributed by atoms with Gasteiger partial charge >= 0.3 is 5.97 Å². The smallest absolute Gasteiger partial charge is 0.338 e. The van der Waals surface area contributed by atoms with E-state index in [0.717, 1.165) is 21.7 Å². The fourth-order valence-electron chi connectivity index (χ4n) is 3.10. The zero-order valence-electron chi connectivity index (χ0n) is 15.3. The summed E-state index contributed by atoms with van der Waals surface area (Å²) in [5.41, 5.74) is 1.18. The molecule has 0 fully saturated rings. The Morgan fingerprint density at radius 3 is 2.43 bits per heavy atom. The van der Waals surface area contributed by atoms with Gasteiger partial charge < -0.3 is 14.5 Å². The van der Waals surface area contributed by atoms with Crippen molar-refractivity contribution < 1.29 is 18.7 Å².